The predicted molar refractivity (Wildman–Crippen MR) is 96.0 cm³/mol. The number of aryl methyl sites for hydroxylation is 3. The first-order chi connectivity index (χ1) is 11.7. The molecule has 7 nitrogen and oxygen atoms in total. The van der Waals surface area contributed by atoms with Gasteiger partial charge >= 0.3 is 0 Å². The molecule has 0 spiro atoms. The second kappa shape index (κ2) is 6.74. The lowest BCUT2D eigenvalue weighted by Gasteiger charge is -2.14. The molecule has 0 aliphatic carbocycles. The monoisotopic (exact) mass is 380 g/mol. The highest BCUT2D eigenvalue weighted by Gasteiger charge is 2.21. The number of rotatable bonds is 6. The normalized spacial score (nSPS) is 13.3. The summed E-state index contributed by atoms with van der Waals surface area (Å²) >= 11 is 1.16. The molecule has 0 saturated heterocycles. The van der Waals surface area contributed by atoms with E-state index in [1.165, 1.54) is 0 Å². The minimum Gasteiger partial charge on any atom is -0.356 e. The Morgan fingerprint density at radius 3 is 2.60 bits per heavy atom. The zero-order valence-corrected chi connectivity index (χ0v) is 16.1. The Balaban J connectivity index is 1.73. The minimum absolute atomic E-state index is 0.247. The molecule has 0 aliphatic rings. The predicted octanol–water partition coefficient (Wildman–Crippen LogP) is 2.89. The van der Waals surface area contributed by atoms with E-state index in [4.69, 9.17) is 4.52 Å². The van der Waals surface area contributed by atoms with Gasteiger partial charge in [0.25, 0.3) is 0 Å². The number of hydrogen-bond acceptors (Lipinski definition) is 6. The topological polar surface area (TPSA) is 90.0 Å². The van der Waals surface area contributed by atoms with Crippen molar-refractivity contribution in [2.45, 2.75) is 44.5 Å². The van der Waals surface area contributed by atoms with E-state index >= 15 is 0 Å². The average molecular weight is 380 g/mol. The zero-order chi connectivity index (χ0) is 18.2. The molecule has 0 amide bonds. The van der Waals surface area contributed by atoms with Crippen LogP contribution < -0.4 is 4.72 Å². The number of sulfonamides is 1. The molecule has 3 aromatic rings. The Kier molecular flexibility index (Phi) is 4.81. The summed E-state index contributed by atoms with van der Waals surface area (Å²) in [4.78, 5) is 0. The number of nitrogens with one attached hydrogen (secondary N) is 1. The van der Waals surface area contributed by atoms with Crippen LogP contribution in [0, 0.1) is 20.8 Å². The lowest BCUT2D eigenvalue weighted by atomic mass is 10.2. The number of nitrogens with zero attached hydrogens (tertiary/aromatic N) is 3. The van der Waals surface area contributed by atoms with Gasteiger partial charge in [0.15, 0.2) is 5.76 Å². The van der Waals surface area contributed by atoms with Gasteiger partial charge < -0.3 is 4.52 Å². The SMILES string of the molecule is Cc1cc(-c2csc(S(=O)(=O)NC(C)Cn3nc(C)cc3C)c2)on1. The Morgan fingerprint density at radius 2 is 2.00 bits per heavy atom. The lowest BCUT2D eigenvalue weighted by Crippen LogP contribution is -2.35. The summed E-state index contributed by atoms with van der Waals surface area (Å²) in [6.07, 6.45) is 0. The Labute approximate surface area is 150 Å². The third kappa shape index (κ3) is 4.00. The molecule has 1 unspecified atom stereocenters. The van der Waals surface area contributed by atoms with E-state index in [9.17, 15) is 8.42 Å². The smallest absolute Gasteiger partial charge is 0.250 e. The molecule has 0 aromatic carbocycles. The average Bonchev–Trinajstić information content (AvgIpc) is 3.19. The maximum Gasteiger partial charge on any atom is 0.250 e. The Hall–Kier alpha value is -1.97. The summed E-state index contributed by atoms with van der Waals surface area (Å²) < 4.78 is 35.1. The highest BCUT2D eigenvalue weighted by atomic mass is 32.2. The van der Waals surface area contributed by atoms with Crippen molar-refractivity contribution in [3.8, 4) is 11.3 Å². The summed E-state index contributed by atoms with van der Waals surface area (Å²) in [5.74, 6) is 0.561. The van der Waals surface area contributed by atoms with Gasteiger partial charge in [0.1, 0.15) is 4.21 Å². The van der Waals surface area contributed by atoms with Crippen LogP contribution in [0.5, 0.6) is 0 Å². The molecule has 3 rings (SSSR count). The Bertz CT molecular complexity index is 985. The minimum atomic E-state index is -3.60. The molecule has 25 heavy (non-hydrogen) atoms. The van der Waals surface area contributed by atoms with E-state index in [0.29, 0.717) is 17.9 Å². The third-order valence-corrected chi connectivity index (χ3v) is 6.69. The van der Waals surface area contributed by atoms with Crippen LogP contribution in [0.25, 0.3) is 11.3 Å². The van der Waals surface area contributed by atoms with Crippen LogP contribution in [0.1, 0.15) is 24.0 Å². The van der Waals surface area contributed by atoms with Gasteiger partial charge in [-0.1, -0.05) is 5.16 Å². The first kappa shape index (κ1) is 17.8. The fourth-order valence-corrected chi connectivity index (χ4v) is 4.99. The largest absolute Gasteiger partial charge is 0.356 e. The van der Waals surface area contributed by atoms with Crippen molar-refractivity contribution in [2.75, 3.05) is 0 Å². The van der Waals surface area contributed by atoms with Crippen LogP contribution in [0.4, 0.5) is 0 Å². The van der Waals surface area contributed by atoms with Gasteiger partial charge in [0, 0.05) is 28.7 Å². The van der Waals surface area contributed by atoms with Gasteiger partial charge in [-0.2, -0.15) is 5.10 Å². The summed E-state index contributed by atoms with van der Waals surface area (Å²) in [5.41, 5.74) is 3.37. The Morgan fingerprint density at radius 1 is 1.24 bits per heavy atom. The van der Waals surface area contributed by atoms with Crippen molar-refractivity contribution in [3.63, 3.8) is 0 Å². The lowest BCUT2D eigenvalue weighted by molar-refractivity contribution is 0.427. The number of thiophene rings is 1. The van der Waals surface area contributed by atoms with Crippen LogP contribution in [0.3, 0.4) is 0 Å². The van der Waals surface area contributed by atoms with E-state index in [1.54, 1.807) is 22.2 Å². The summed E-state index contributed by atoms with van der Waals surface area (Å²) in [7, 11) is -3.60. The second-order valence-electron chi connectivity index (χ2n) is 6.12. The molecule has 1 atom stereocenters. The number of hydrogen-bond donors (Lipinski definition) is 1. The molecule has 0 fully saturated rings. The van der Waals surface area contributed by atoms with Gasteiger partial charge in [-0.3, -0.25) is 4.68 Å². The van der Waals surface area contributed by atoms with E-state index in [1.807, 2.05) is 33.8 Å². The van der Waals surface area contributed by atoms with E-state index < -0.39 is 10.0 Å². The molecular weight excluding hydrogens is 360 g/mol. The quantitative estimate of drug-likeness (QED) is 0.710. The van der Waals surface area contributed by atoms with Crippen molar-refractivity contribution in [2.24, 2.45) is 0 Å². The molecule has 1 N–H and O–H groups in total. The van der Waals surface area contributed by atoms with Gasteiger partial charge in [-0.25, -0.2) is 13.1 Å². The summed E-state index contributed by atoms with van der Waals surface area (Å²) in [6.45, 7) is 7.98. The van der Waals surface area contributed by atoms with Crippen molar-refractivity contribution >= 4 is 21.4 Å². The zero-order valence-electron chi connectivity index (χ0n) is 14.5. The van der Waals surface area contributed by atoms with E-state index in [0.717, 1.165) is 28.4 Å². The van der Waals surface area contributed by atoms with Gasteiger partial charge in [0.05, 0.1) is 17.9 Å². The molecule has 3 aromatic heterocycles. The van der Waals surface area contributed by atoms with Gasteiger partial charge in [-0.15, -0.1) is 11.3 Å². The maximum absolute atomic E-state index is 12.6. The summed E-state index contributed by atoms with van der Waals surface area (Å²) in [5, 5.41) is 9.94. The second-order valence-corrected chi connectivity index (χ2v) is 8.97. The van der Waals surface area contributed by atoms with Crippen molar-refractivity contribution < 1.29 is 12.9 Å². The molecule has 3 heterocycles. The van der Waals surface area contributed by atoms with Crippen LogP contribution in [0.2, 0.25) is 0 Å². The van der Waals surface area contributed by atoms with Crippen LogP contribution in [-0.4, -0.2) is 29.4 Å². The molecule has 9 heteroatoms. The van der Waals surface area contributed by atoms with Gasteiger partial charge in [-0.05, 0) is 39.8 Å². The van der Waals surface area contributed by atoms with E-state index in [2.05, 4.69) is 15.0 Å². The fourth-order valence-electron chi connectivity index (χ4n) is 2.57. The van der Waals surface area contributed by atoms with Crippen LogP contribution >= 0.6 is 11.3 Å². The molecule has 134 valence electrons. The molecular formula is C16H20N4O3S2. The van der Waals surface area contributed by atoms with Crippen LogP contribution in [0.15, 0.2) is 32.3 Å². The molecule has 0 bridgehead atoms. The molecule has 0 saturated carbocycles. The van der Waals surface area contributed by atoms with Gasteiger partial charge in [0.2, 0.25) is 10.0 Å². The maximum atomic E-state index is 12.6. The van der Waals surface area contributed by atoms with Crippen LogP contribution in [-0.2, 0) is 16.6 Å². The van der Waals surface area contributed by atoms with Crippen molar-refractivity contribution in [1.29, 1.82) is 0 Å². The highest BCUT2D eigenvalue weighted by molar-refractivity contribution is 7.91. The standard InChI is InChI=1S/C16H20N4O3S2/c1-10-5-13(4)20(17-10)8-12(3)19-25(21,22)16-7-14(9-24-16)15-6-11(2)18-23-15/h5-7,9,12,19H,8H2,1-4H3. The first-order valence-electron chi connectivity index (χ1n) is 7.80. The fraction of sp³-hybridized carbons (Fsp3) is 0.375. The van der Waals surface area contributed by atoms with Crippen molar-refractivity contribution in [3.05, 3.63) is 40.7 Å². The highest BCUT2D eigenvalue weighted by Crippen LogP contribution is 2.29. The van der Waals surface area contributed by atoms with E-state index in [-0.39, 0.29) is 10.3 Å². The first-order valence-corrected chi connectivity index (χ1v) is 10.2. The molecule has 0 aliphatic heterocycles. The third-order valence-electron chi connectivity index (χ3n) is 3.66. The summed E-state index contributed by atoms with van der Waals surface area (Å²) in [6, 6.07) is 5.05. The number of aromatic nitrogens is 3. The molecule has 0 radical (unpaired) electrons. The van der Waals surface area contributed by atoms with Crippen molar-refractivity contribution in [1.82, 2.24) is 19.7 Å².